The molecular formula is C19H20F3N3O5S. The number of pyridine rings is 1. The third kappa shape index (κ3) is 6.07. The van der Waals surface area contributed by atoms with E-state index < -0.39 is 22.1 Å². The van der Waals surface area contributed by atoms with Gasteiger partial charge in [0.15, 0.2) is 0 Å². The van der Waals surface area contributed by atoms with Crippen molar-refractivity contribution in [2.45, 2.75) is 30.7 Å². The van der Waals surface area contributed by atoms with Crippen LogP contribution in [0.25, 0.3) is 0 Å². The molecule has 1 aromatic heterocycles. The zero-order valence-corrected chi connectivity index (χ0v) is 17.3. The first-order valence-electron chi connectivity index (χ1n) is 9.20. The van der Waals surface area contributed by atoms with Gasteiger partial charge in [0.25, 0.3) is 0 Å². The quantitative estimate of drug-likeness (QED) is 0.590. The van der Waals surface area contributed by atoms with Crippen molar-refractivity contribution in [2.75, 3.05) is 20.2 Å². The summed E-state index contributed by atoms with van der Waals surface area (Å²) in [7, 11) is -2.34. The first-order valence-corrected chi connectivity index (χ1v) is 10.6. The number of methoxy groups -OCH3 is 1. The van der Waals surface area contributed by atoms with Gasteiger partial charge in [0.2, 0.25) is 15.9 Å². The normalized spacial score (nSPS) is 15.4. The van der Waals surface area contributed by atoms with Crippen molar-refractivity contribution >= 4 is 15.7 Å². The third-order valence-electron chi connectivity index (χ3n) is 4.45. The summed E-state index contributed by atoms with van der Waals surface area (Å²) in [5, 5.41) is 4.08. The highest BCUT2D eigenvalue weighted by atomic mass is 32.2. The van der Waals surface area contributed by atoms with Gasteiger partial charge in [-0.15, -0.1) is 13.2 Å². The SMILES string of the molecule is COc1ncccc1CON=C1CCN(S(=O)(=O)c2ccc(OC(F)(F)F)cc2)CC1. The van der Waals surface area contributed by atoms with Gasteiger partial charge in [-0.25, -0.2) is 13.4 Å². The van der Waals surface area contributed by atoms with Gasteiger partial charge in [-0.1, -0.05) is 5.16 Å². The molecule has 0 radical (unpaired) electrons. The van der Waals surface area contributed by atoms with Gasteiger partial charge in [-0.2, -0.15) is 4.31 Å². The lowest BCUT2D eigenvalue weighted by Crippen LogP contribution is -2.38. The molecule has 1 aliphatic rings. The average Bonchev–Trinajstić information content (AvgIpc) is 2.74. The Kier molecular flexibility index (Phi) is 7.01. The van der Waals surface area contributed by atoms with E-state index in [2.05, 4.69) is 14.9 Å². The fourth-order valence-corrected chi connectivity index (χ4v) is 4.39. The molecule has 0 atom stereocenters. The van der Waals surface area contributed by atoms with Crippen molar-refractivity contribution in [3.8, 4) is 11.6 Å². The van der Waals surface area contributed by atoms with Gasteiger partial charge in [-0.3, -0.25) is 0 Å². The lowest BCUT2D eigenvalue weighted by Gasteiger charge is -2.26. The van der Waals surface area contributed by atoms with Gasteiger partial charge in [0.05, 0.1) is 23.3 Å². The number of piperidine rings is 1. The molecule has 0 N–H and O–H groups in total. The van der Waals surface area contributed by atoms with E-state index in [-0.39, 0.29) is 24.6 Å². The van der Waals surface area contributed by atoms with E-state index in [1.54, 1.807) is 18.3 Å². The van der Waals surface area contributed by atoms with Crippen LogP contribution in [0, 0.1) is 0 Å². The molecule has 31 heavy (non-hydrogen) atoms. The van der Waals surface area contributed by atoms with Crippen LogP contribution in [0.5, 0.6) is 11.6 Å². The van der Waals surface area contributed by atoms with Crippen LogP contribution in [0.4, 0.5) is 13.2 Å². The summed E-state index contributed by atoms with van der Waals surface area (Å²) >= 11 is 0. The van der Waals surface area contributed by atoms with Crippen LogP contribution in [0.1, 0.15) is 18.4 Å². The Morgan fingerprint density at radius 1 is 1.13 bits per heavy atom. The highest BCUT2D eigenvalue weighted by Crippen LogP contribution is 2.26. The minimum Gasteiger partial charge on any atom is -0.481 e. The summed E-state index contributed by atoms with van der Waals surface area (Å²) in [6, 6.07) is 7.66. The molecule has 0 bridgehead atoms. The number of alkyl halides is 3. The number of hydrogen-bond acceptors (Lipinski definition) is 7. The number of rotatable bonds is 7. The number of benzene rings is 1. The number of nitrogens with zero attached hydrogens (tertiary/aromatic N) is 3. The molecule has 3 rings (SSSR count). The smallest absolute Gasteiger partial charge is 0.481 e. The molecule has 1 aromatic carbocycles. The van der Waals surface area contributed by atoms with E-state index in [0.717, 1.165) is 29.8 Å². The Bertz CT molecular complexity index is 1020. The van der Waals surface area contributed by atoms with Crippen molar-refractivity contribution in [2.24, 2.45) is 5.16 Å². The van der Waals surface area contributed by atoms with E-state index in [4.69, 9.17) is 9.57 Å². The van der Waals surface area contributed by atoms with Crippen LogP contribution >= 0.6 is 0 Å². The number of aromatic nitrogens is 1. The summed E-state index contributed by atoms with van der Waals surface area (Å²) in [5.41, 5.74) is 1.44. The van der Waals surface area contributed by atoms with Crippen molar-refractivity contribution in [1.82, 2.24) is 9.29 Å². The second kappa shape index (κ2) is 9.52. The predicted molar refractivity (Wildman–Crippen MR) is 104 cm³/mol. The minimum atomic E-state index is -4.84. The van der Waals surface area contributed by atoms with Gasteiger partial charge in [0.1, 0.15) is 12.4 Å². The second-order valence-corrected chi connectivity index (χ2v) is 8.46. The molecule has 0 aliphatic carbocycles. The van der Waals surface area contributed by atoms with E-state index in [0.29, 0.717) is 24.4 Å². The molecule has 1 aliphatic heterocycles. The number of hydrogen-bond donors (Lipinski definition) is 0. The van der Waals surface area contributed by atoms with Crippen molar-refractivity contribution < 1.29 is 35.9 Å². The van der Waals surface area contributed by atoms with Crippen LogP contribution < -0.4 is 9.47 Å². The maximum absolute atomic E-state index is 12.7. The summed E-state index contributed by atoms with van der Waals surface area (Å²) < 4.78 is 72.4. The summed E-state index contributed by atoms with van der Waals surface area (Å²) in [4.78, 5) is 9.31. The molecular weight excluding hydrogens is 439 g/mol. The molecule has 0 saturated carbocycles. The predicted octanol–water partition coefficient (Wildman–Crippen LogP) is 3.35. The highest BCUT2D eigenvalue weighted by Gasteiger charge is 2.32. The molecule has 0 spiro atoms. The summed E-state index contributed by atoms with van der Waals surface area (Å²) in [6.07, 6.45) is -2.49. The highest BCUT2D eigenvalue weighted by molar-refractivity contribution is 7.89. The molecule has 2 aromatic rings. The Hall–Kier alpha value is -2.86. The third-order valence-corrected chi connectivity index (χ3v) is 6.36. The fraction of sp³-hybridized carbons (Fsp3) is 0.368. The average molecular weight is 459 g/mol. The lowest BCUT2D eigenvalue weighted by atomic mass is 10.1. The van der Waals surface area contributed by atoms with E-state index in [9.17, 15) is 21.6 Å². The number of oxime groups is 1. The van der Waals surface area contributed by atoms with E-state index in [1.807, 2.05) is 0 Å². The van der Waals surface area contributed by atoms with E-state index in [1.165, 1.54) is 11.4 Å². The molecule has 168 valence electrons. The first-order chi connectivity index (χ1) is 14.7. The van der Waals surface area contributed by atoms with Gasteiger partial charge < -0.3 is 14.3 Å². The Morgan fingerprint density at radius 3 is 2.42 bits per heavy atom. The molecule has 1 saturated heterocycles. The monoisotopic (exact) mass is 459 g/mol. The second-order valence-electron chi connectivity index (χ2n) is 6.53. The van der Waals surface area contributed by atoms with Crippen molar-refractivity contribution in [1.29, 1.82) is 0 Å². The molecule has 2 heterocycles. The van der Waals surface area contributed by atoms with E-state index >= 15 is 0 Å². The van der Waals surface area contributed by atoms with Crippen LogP contribution in [0.2, 0.25) is 0 Å². The first kappa shape index (κ1) is 22.8. The number of sulfonamides is 1. The van der Waals surface area contributed by atoms with Crippen LogP contribution in [0.15, 0.2) is 52.6 Å². The molecule has 1 fully saturated rings. The molecule has 0 amide bonds. The molecule has 8 nitrogen and oxygen atoms in total. The zero-order valence-electron chi connectivity index (χ0n) is 16.5. The largest absolute Gasteiger partial charge is 0.573 e. The van der Waals surface area contributed by atoms with Crippen molar-refractivity contribution in [3.05, 3.63) is 48.2 Å². The van der Waals surface area contributed by atoms with Gasteiger partial charge >= 0.3 is 6.36 Å². The van der Waals surface area contributed by atoms with Crippen LogP contribution in [-0.4, -0.2) is 50.0 Å². The fourth-order valence-electron chi connectivity index (χ4n) is 2.95. The van der Waals surface area contributed by atoms with Crippen LogP contribution in [0.3, 0.4) is 0 Å². The lowest BCUT2D eigenvalue weighted by molar-refractivity contribution is -0.274. The maximum Gasteiger partial charge on any atom is 0.573 e. The Labute approximate surface area is 177 Å². The Morgan fingerprint density at radius 2 is 1.81 bits per heavy atom. The molecule has 12 heteroatoms. The van der Waals surface area contributed by atoms with Crippen molar-refractivity contribution in [3.63, 3.8) is 0 Å². The Balaban J connectivity index is 1.56. The molecule has 0 unspecified atom stereocenters. The van der Waals surface area contributed by atoms with Gasteiger partial charge in [-0.05, 0) is 36.4 Å². The van der Waals surface area contributed by atoms with Crippen LogP contribution in [-0.2, 0) is 21.5 Å². The number of halogens is 3. The standard InChI is InChI=1S/C19H20F3N3O5S/c1-28-18-14(3-2-10-23-18)13-29-24-15-8-11-25(12-9-15)31(26,27)17-6-4-16(5-7-17)30-19(20,21)22/h2-7,10H,8-9,11-13H2,1H3. The van der Waals surface area contributed by atoms with Gasteiger partial charge in [0, 0.05) is 32.1 Å². The summed E-state index contributed by atoms with van der Waals surface area (Å²) in [5.74, 6) is -0.0443. The summed E-state index contributed by atoms with van der Waals surface area (Å²) in [6.45, 7) is 0.526. The minimum absolute atomic E-state index is 0.109. The number of ether oxygens (including phenoxy) is 2. The topological polar surface area (TPSA) is 90.3 Å². The maximum atomic E-state index is 12.7. The zero-order chi connectivity index (χ0) is 22.5.